The maximum atomic E-state index is 12.5. The summed E-state index contributed by atoms with van der Waals surface area (Å²) in [5.41, 5.74) is 2.45. The fourth-order valence-corrected chi connectivity index (χ4v) is 6.35. The number of rotatable bonds is 5. The number of fused-ring (bicyclic) bond motifs is 2. The molecule has 0 atom stereocenters. The molecule has 2 aliphatic rings. The van der Waals surface area contributed by atoms with Crippen LogP contribution in [0.4, 0.5) is 14.0 Å². The van der Waals surface area contributed by atoms with Crippen molar-refractivity contribution in [1.29, 1.82) is 0 Å². The van der Waals surface area contributed by atoms with Gasteiger partial charge in [-0.3, -0.25) is 5.10 Å². The molecule has 0 saturated carbocycles. The Morgan fingerprint density at radius 1 is 0.772 bits per heavy atom. The number of halogens is 3. The van der Waals surface area contributed by atoms with E-state index >= 15 is 0 Å². The van der Waals surface area contributed by atoms with E-state index in [1.165, 1.54) is 12.3 Å². The Balaban J connectivity index is 0.000000217. The Hall–Kier alpha value is -4.41. The minimum atomic E-state index is -0.587. The Morgan fingerprint density at radius 2 is 1.30 bits per heavy atom. The van der Waals surface area contributed by atoms with Crippen molar-refractivity contribution in [1.82, 2.24) is 39.7 Å². The van der Waals surface area contributed by atoms with E-state index in [0.717, 1.165) is 18.5 Å². The van der Waals surface area contributed by atoms with Crippen molar-refractivity contribution in [2.75, 3.05) is 26.3 Å². The van der Waals surface area contributed by atoms with Gasteiger partial charge < -0.3 is 28.7 Å². The van der Waals surface area contributed by atoms with E-state index in [4.69, 9.17) is 18.9 Å². The SMILES string of the molecule is CCOC(=O)c1n[nH]c2c1CN(C(=O)OC(C)(C)C)CC2.CCOC(=O)c1nn(-c2cc(I)ccn2)c2c1CN(C(=O)OC(C)(C)C)CC2.Fc1cc(I)ccn1. The summed E-state index contributed by atoms with van der Waals surface area (Å²) in [6, 6.07) is 6.89. The van der Waals surface area contributed by atoms with Crippen molar-refractivity contribution < 1.29 is 42.5 Å². The highest BCUT2D eigenvalue weighted by Gasteiger charge is 2.34. The number of hydrogen-bond acceptors (Lipinski definition) is 12. The summed E-state index contributed by atoms with van der Waals surface area (Å²) in [6.45, 7) is 16.5. The molecule has 6 heterocycles. The summed E-state index contributed by atoms with van der Waals surface area (Å²) in [4.78, 5) is 59.8. The first-order valence-electron chi connectivity index (χ1n) is 18.2. The highest BCUT2D eigenvalue weighted by Crippen LogP contribution is 2.27. The van der Waals surface area contributed by atoms with Crippen LogP contribution in [0, 0.1) is 13.1 Å². The molecule has 2 aliphatic heterocycles. The van der Waals surface area contributed by atoms with E-state index in [1.807, 2.05) is 76.3 Å². The minimum Gasteiger partial charge on any atom is -0.461 e. The predicted molar refractivity (Wildman–Crippen MR) is 222 cm³/mol. The Labute approximate surface area is 357 Å². The number of aromatic amines is 1. The number of ether oxygens (including phenoxy) is 4. The van der Waals surface area contributed by atoms with Gasteiger partial charge in [-0.2, -0.15) is 14.6 Å². The lowest BCUT2D eigenvalue weighted by Gasteiger charge is -2.30. The van der Waals surface area contributed by atoms with Crippen LogP contribution in [-0.2, 0) is 44.9 Å². The fourth-order valence-electron chi connectivity index (χ4n) is 5.49. The molecule has 0 unspecified atom stereocenters. The van der Waals surface area contributed by atoms with Gasteiger partial charge in [0.25, 0.3) is 0 Å². The third-order valence-electron chi connectivity index (χ3n) is 7.84. The van der Waals surface area contributed by atoms with Gasteiger partial charge in [0.2, 0.25) is 5.95 Å². The van der Waals surface area contributed by atoms with E-state index in [0.29, 0.717) is 49.4 Å². The number of pyridine rings is 2. The van der Waals surface area contributed by atoms with Gasteiger partial charge in [-0.25, -0.2) is 33.8 Å². The third-order valence-corrected chi connectivity index (χ3v) is 9.19. The number of amides is 2. The van der Waals surface area contributed by atoms with Gasteiger partial charge in [-0.1, -0.05) is 0 Å². The van der Waals surface area contributed by atoms with Crippen molar-refractivity contribution in [3.05, 3.63) is 83.6 Å². The third kappa shape index (κ3) is 13.1. The number of nitrogens with one attached hydrogen (secondary N) is 1. The lowest BCUT2D eigenvalue weighted by molar-refractivity contribution is 0.0211. The van der Waals surface area contributed by atoms with Gasteiger partial charge in [0.05, 0.1) is 32.0 Å². The molecule has 16 nitrogen and oxygen atoms in total. The summed E-state index contributed by atoms with van der Waals surface area (Å²) in [5, 5.41) is 11.3. The number of nitrogens with zero attached hydrogens (tertiary/aromatic N) is 7. The first-order valence-corrected chi connectivity index (χ1v) is 20.3. The van der Waals surface area contributed by atoms with Crippen molar-refractivity contribution >= 4 is 69.3 Å². The van der Waals surface area contributed by atoms with Gasteiger partial charge in [0.15, 0.2) is 17.2 Å². The molecule has 0 radical (unpaired) electrons. The number of carbonyl (C=O) groups excluding carboxylic acids is 4. The molecular formula is C38H47FI2N8O8. The van der Waals surface area contributed by atoms with Gasteiger partial charge in [0, 0.05) is 68.4 Å². The summed E-state index contributed by atoms with van der Waals surface area (Å²) in [7, 11) is 0. The number of hydrogen-bond donors (Lipinski definition) is 1. The lowest BCUT2D eigenvalue weighted by atomic mass is 10.1. The largest absolute Gasteiger partial charge is 0.461 e. The summed E-state index contributed by atoms with van der Waals surface area (Å²) >= 11 is 4.23. The maximum absolute atomic E-state index is 12.5. The molecular weight excluding hydrogens is 969 g/mol. The van der Waals surface area contributed by atoms with Crippen LogP contribution in [-0.4, -0.2) is 101 Å². The van der Waals surface area contributed by atoms with Gasteiger partial charge in [0.1, 0.15) is 11.2 Å². The molecule has 19 heteroatoms. The van der Waals surface area contributed by atoms with E-state index < -0.39 is 35.2 Å². The Morgan fingerprint density at radius 3 is 1.81 bits per heavy atom. The second-order valence-electron chi connectivity index (χ2n) is 14.6. The summed E-state index contributed by atoms with van der Waals surface area (Å²) in [6.07, 6.45) is 3.49. The van der Waals surface area contributed by atoms with Crippen molar-refractivity contribution in [2.24, 2.45) is 0 Å². The Kier molecular flexibility index (Phi) is 15.8. The van der Waals surface area contributed by atoms with E-state index in [1.54, 1.807) is 40.6 Å². The summed E-state index contributed by atoms with van der Waals surface area (Å²) in [5.74, 6) is -0.767. The lowest BCUT2D eigenvalue weighted by Crippen LogP contribution is -2.40. The van der Waals surface area contributed by atoms with Crippen molar-refractivity contribution in [2.45, 2.75) is 92.5 Å². The number of carbonyl (C=O) groups is 4. The molecule has 0 aromatic carbocycles. The standard InChI is InChI=1S/C19H23IN4O4.C14H21N3O4.C5H3FIN/c1-5-27-17(25)16-13-11-23(18(26)28-19(2,3)4)9-7-14(13)24(22-16)15-10-12(20)6-8-21-15;1-5-20-12(18)11-9-8-17(7-6-10(9)15-16-11)13(19)21-14(2,3)4;6-5-3-4(7)1-2-8-5/h6,8,10H,5,7,9,11H2,1-4H3;5-8H2,1-4H3,(H,15,16);1-3H. The molecule has 57 heavy (non-hydrogen) atoms. The highest BCUT2D eigenvalue weighted by atomic mass is 127. The second kappa shape index (κ2) is 19.8. The van der Waals surface area contributed by atoms with Crippen LogP contribution in [0.5, 0.6) is 0 Å². The monoisotopic (exact) mass is 1020 g/mol. The topological polar surface area (TPSA) is 184 Å². The number of aromatic nitrogens is 6. The first-order chi connectivity index (χ1) is 26.8. The first kappa shape index (κ1) is 45.3. The molecule has 0 fully saturated rings. The molecule has 0 aliphatic carbocycles. The van der Waals surface area contributed by atoms with Crippen LogP contribution >= 0.6 is 45.2 Å². The van der Waals surface area contributed by atoms with E-state index in [-0.39, 0.29) is 37.2 Å². The number of esters is 2. The smallest absolute Gasteiger partial charge is 0.410 e. The highest BCUT2D eigenvalue weighted by molar-refractivity contribution is 14.1. The fraction of sp³-hybridized carbons (Fsp3) is 0.474. The quantitative estimate of drug-likeness (QED) is 0.0933. The van der Waals surface area contributed by atoms with Crippen LogP contribution in [0.1, 0.15) is 98.9 Å². The number of H-pyrrole nitrogens is 1. The average molecular weight is 1020 g/mol. The molecule has 4 aromatic rings. The maximum Gasteiger partial charge on any atom is 0.410 e. The zero-order chi connectivity index (χ0) is 42.1. The van der Waals surface area contributed by atoms with E-state index in [9.17, 15) is 23.6 Å². The molecule has 308 valence electrons. The summed E-state index contributed by atoms with van der Waals surface area (Å²) < 4.78 is 36.6. The minimum absolute atomic E-state index is 0.214. The molecule has 1 N–H and O–H groups in total. The van der Waals surface area contributed by atoms with Crippen LogP contribution in [0.15, 0.2) is 36.7 Å². The van der Waals surface area contributed by atoms with Gasteiger partial charge in [-0.15, -0.1) is 0 Å². The van der Waals surface area contributed by atoms with E-state index in [2.05, 4.69) is 47.9 Å². The van der Waals surface area contributed by atoms with Gasteiger partial charge >= 0.3 is 24.1 Å². The molecule has 0 spiro atoms. The van der Waals surface area contributed by atoms with Crippen LogP contribution < -0.4 is 0 Å². The Bertz CT molecular complexity index is 2040. The molecule has 0 saturated heterocycles. The molecule has 2 amide bonds. The van der Waals surface area contributed by atoms with Gasteiger partial charge in [-0.05, 0) is 119 Å². The normalized spacial score (nSPS) is 13.5. The average Bonchev–Trinajstić information content (AvgIpc) is 3.72. The molecule has 4 aromatic heterocycles. The van der Waals surface area contributed by atoms with Crippen molar-refractivity contribution in [3.63, 3.8) is 0 Å². The van der Waals surface area contributed by atoms with Crippen LogP contribution in [0.25, 0.3) is 5.82 Å². The zero-order valence-corrected chi connectivity index (χ0v) is 37.5. The second-order valence-corrected chi connectivity index (χ2v) is 17.1. The molecule has 6 rings (SSSR count). The molecule has 0 bridgehead atoms. The van der Waals surface area contributed by atoms with Crippen molar-refractivity contribution in [3.8, 4) is 5.82 Å². The van der Waals surface area contributed by atoms with Crippen LogP contribution in [0.2, 0.25) is 0 Å². The zero-order valence-electron chi connectivity index (χ0n) is 33.2. The predicted octanol–water partition coefficient (Wildman–Crippen LogP) is 7.05. The van der Waals surface area contributed by atoms with Crippen LogP contribution in [0.3, 0.4) is 0 Å².